The smallest absolute Gasteiger partial charge is 0.187 e. The molecule has 9 rings (SSSR count). The lowest BCUT2D eigenvalue weighted by Crippen LogP contribution is -2.67. The lowest BCUT2D eigenvalue weighted by molar-refractivity contribution is -0.395. The van der Waals surface area contributed by atoms with Crippen LogP contribution in [-0.2, 0) is 28.4 Å². The number of rotatable bonds is 8. The molecule has 16 heteroatoms. The minimum absolute atomic E-state index is 0.144. The minimum Gasteiger partial charge on any atom is -0.394 e. The number of fused-ring (bicyclic) bond motifs is 9. The summed E-state index contributed by atoms with van der Waals surface area (Å²) in [4.78, 5) is 2.95. The van der Waals surface area contributed by atoms with E-state index in [4.69, 9.17) is 28.4 Å². The first-order valence-electron chi connectivity index (χ1n) is 23.7. The molecular formula is C45H75NO15. The SMILES string of the molecule is C[C@H]1CC[C@@H]2[C@@H](C)[C@H]3[C@H](C[C@H]4[C@@H]5CCC6C[C@@H](O[C@@H]7O[C@H](CO)[C@H](O)[C@H](O[C@@H]8O[C@H](CO)[C@@H](O)[C@H](O)[C@H]8O)[C@H]7O[C@@H]7O[C@@H](C)[C@H](O)[C@@H](O)[C@H]7O)CC[C@]6(C)[C@H]5CC[C@]34C)N2C1. The van der Waals surface area contributed by atoms with Crippen LogP contribution in [0.4, 0.5) is 0 Å². The van der Waals surface area contributed by atoms with Gasteiger partial charge in [-0.15, -0.1) is 0 Å². The first-order valence-corrected chi connectivity index (χ1v) is 23.7. The highest BCUT2D eigenvalue weighted by Gasteiger charge is 2.67. The Bertz CT molecular complexity index is 1530. The fourth-order valence-electron chi connectivity index (χ4n) is 15.3. The summed E-state index contributed by atoms with van der Waals surface area (Å²) in [6.45, 7) is 11.6. The zero-order valence-corrected chi connectivity index (χ0v) is 36.5. The molecule has 5 aliphatic heterocycles. The fourth-order valence-corrected chi connectivity index (χ4v) is 15.3. The highest BCUT2D eigenvalue weighted by atomic mass is 16.8. The first kappa shape index (κ1) is 45.5. The van der Waals surface area contributed by atoms with Crippen LogP contribution in [0.25, 0.3) is 0 Å². The van der Waals surface area contributed by atoms with Gasteiger partial charge in [-0.3, -0.25) is 4.90 Å². The van der Waals surface area contributed by atoms with Gasteiger partial charge in [-0.05, 0) is 123 Å². The number of aliphatic hydroxyl groups is 9. The zero-order valence-electron chi connectivity index (χ0n) is 36.5. The van der Waals surface area contributed by atoms with Gasteiger partial charge in [0.2, 0.25) is 0 Å². The molecule has 0 amide bonds. The number of piperidine rings is 1. The van der Waals surface area contributed by atoms with Crippen molar-refractivity contribution in [2.45, 2.75) is 209 Å². The van der Waals surface area contributed by atoms with Crippen molar-refractivity contribution >= 4 is 0 Å². The maximum atomic E-state index is 11.6. The second-order valence-corrected chi connectivity index (χ2v) is 21.7. The van der Waals surface area contributed by atoms with Gasteiger partial charge in [0, 0.05) is 18.6 Å². The Hall–Kier alpha value is -0.640. The molecule has 4 aliphatic carbocycles. The summed E-state index contributed by atoms with van der Waals surface area (Å²) >= 11 is 0. The summed E-state index contributed by atoms with van der Waals surface area (Å²) < 4.78 is 36.9. The Balaban J connectivity index is 0.933. The molecule has 350 valence electrons. The van der Waals surface area contributed by atoms with Crippen LogP contribution in [0.5, 0.6) is 0 Å². The van der Waals surface area contributed by atoms with Crippen LogP contribution in [0.1, 0.15) is 98.8 Å². The number of hydrogen-bond acceptors (Lipinski definition) is 16. The van der Waals surface area contributed by atoms with Gasteiger partial charge in [0.05, 0.1) is 25.4 Å². The molecule has 61 heavy (non-hydrogen) atoms. The van der Waals surface area contributed by atoms with Crippen molar-refractivity contribution in [2.24, 2.45) is 52.3 Å². The summed E-state index contributed by atoms with van der Waals surface area (Å²) in [5.41, 5.74) is 0.525. The van der Waals surface area contributed by atoms with E-state index < -0.39 is 105 Å². The Labute approximate surface area is 359 Å². The Morgan fingerprint density at radius 3 is 1.93 bits per heavy atom. The van der Waals surface area contributed by atoms with Crippen LogP contribution in [-0.4, -0.2) is 181 Å². The van der Waals surface area contributed by atoms with Crippen molar-refractivity contribution in [3.8, 4) is 0 Å². The van der Waals surface area contributed by atoms with Gasteiger partial charge >= 0.3 is 0 Å². The van der Waals surface area contributed by atoms with E-state index >= 15 is 0 Å². The molecule has 16 nitrogen and oxygen atoms in total. The third kappa shape index (κ3) is 7.50. The number of hydrogen-bond donors (Lipinski definition) is 9. The van der Waals surface area contributed by atoms with Crippen molar-refractivity contribution < 1.29 is 74.4 Å². The molecule has 9 fully saturated rings. The molecule has 5 heterocycles. The van der Waals surface area contributed by atoms with Crippen molar-refractivity contribution in [1.82, 2.24) is 4.90 Å². The van der Waals surface area contributed by atoms with Crippen molar-refractivity contribution in [2.75, 3.05) is 19.8 Å². The van der Waals surface area contributed by atoms with Gasteiger partial charge in [-0.2, -0.15) is 0 Å². The lowest BCUT2D eigenvalue weighted by atomic mass is 9.44. The van der Waals surface area contributed by atoms with Crippen LogP contribution in [0.2, 0.25) is 0 Å². The van der Waals surface area contributed by atoms with Gasteiger partial charge < -0.3 is 74.4 Å². The van der Waals surface area contributed by atoms with Crippen LogP contribution < -0.4 is 0 Å². The number of ether oxygens (including phenoxy) is 6. The standard InChI is InChI=1S/C45H75NO15/c1-19-6-9-27-20(2)31-28(46(27)16-19)15-26-24-8-7-22-14-23(10-12-44(22,4)25(24)11-13-45(26,31)5)57-43-40(61-41-37(54)35(52)32(49)21(3)56-41)39(34(51)30(18-48)59-43)60-42-38(55)36(53)33(50)29(17-47)58-42/h19-43,47-55H,6-18H2,1-5H3/t19-,20+,21-,22?,23-,24+,25-,26-,27+,28-,29+,30+,31-,32-,33+,34-,35+,36-,37+,38+,39-,40+,41-,42-,43+,44-,45-/m0/s1. The molecule has 4 saturated carbocycles. The minimum atomic E-state index is -1.82. The normalized spacial score (nSPS) is 58.6. The van der Waals surface area contributed by atoms with E-state index in [2.05, 4.69) is 32.6 Å². The van der Waals surface area contributed by atoms with Crippen LogP contribution in [0, 0.1) is 52.3 Å². The van der Waals surface area contributed by atoms with Gasteiger partial charge in [-0.25, -0.2) is 0 Å². The van der Waals surface area contributed by atoms with Crippen molar-refractivity contribution in [3.05, 3.63) is 0 Å². The molecule has 5 saturated heterocycles. The summed E-state index contributed by atoms with van der Waals surface area (Å²) in [5.74, 6) is 4.78. The quantitative estimate of drug-likeness (QED) is 0.149. The van der Waals surface area contributed by atoms with Gasteiger partial charge in [0.15, 0.2) is 18.9 Å². The molecule has 0 aromatic rings. The molecule has 27 atom stereocenters. The summed E-state index contributed by atoms with van der Waals surface area (Å²) in [7, 11) is 0. The first-order chi connectivity index (χ1) is 29.0. The van der Waals surface area contributed by atoms with E-state index in [0.29, 0.717) is 29.2 Å². The zero-order chi connectivity index (χ0) is 43.4. The molecule has 0 aromatic carbocycles. The lowest BCUT2D eigenvalue weighted by Gasteiger charge is -2.61. The van der Waals surface area contributed by atoms with Gasteiger partial charge in [0.1, 0.15) is 67.1 Å². The van der Waals surface area contributed by atoms with Gasteiger partial charge in [0.25, 0.3) is 0 Å². The van der Waals surface area contributed by atoms with E-state index in [1.54, 1.807) is 0 Å². The van der Waals surface area contributed by atoms with Crippen LogP contribution in [0.15, 0.2) is 0 Å². The Morgan fingerprint density at radius 1 is 0.574 bits per heavy atom. The third-order valence-electron chi connectivity index (χ3n) is 18.6. The van der Waals surface area contributed by atoms with E-state index in [9.17, 15) is 46.0 Å². The van der Waals surface area contributed by atoms with E-state index in [1.165, 1.54) is 52.0 Å². The largest absolute Gasteiger partial charge is 0.394 e. The predicted molar refractivity (Wildman–Crippen MR) is 215 cm³/mol. The third-order valence-corrected chi connectivity index (χ3v) is 18.6. The molecule has 0 aromatic heterocycles. The fraction of sp³-hybridized carbons (Fsp3) is 1.00. The van der Waals surface area contributed by atoms with Crippen molar-refractivity contribution in [1.29, 1.82) is 0 Å². The highest BCUT2D eigenvalue weighted by Crippen LogP contribution is 2.71. The predicted octanol–water partition coefficient (Wildman–Crippen LogP) is 0.235. The molecule has 1 unspecified atom stereocenters. The van der Waals surface area contributed by atoms with Crippen molar-refractivity contribution in [3.63, 3.8) is 0 Å². The van der Waals surface area contributed by atoms with E-state index in [1.807, 2.05) is 0 Å². The Morgan fingerprint density at radius 2 is 1.21 bits per heavy atom. The molecule has 0 spiro atoms. The molecule has 0 bridgehead atoms. The summed E-state index contributed by atoms with van der Waals surface area (Å²) in [5, 5.41) is 95.9. The average molecular weight is 870 g/mol. The maximum Gasteiger partial charge on any atom is 0.187 e. The Kier molecular flexibility index (Phi) is 12.8. The average Bonchev–Trinajstić information content (AvgIpc) is 3.71. The second-order valence-electron chi connectivity index (χ2n) is 21.7. The second kappa shape index (κ2) is 17.2. The number of aliphatic hydroxyl groups excluding tert-OH is 9. The summed E-state index contributed by atoms with van der Waals surface area (Å²) in [6, 6.07) is 1.46. The van der Waals surface area contributed by atoms with Crippen LogP contribution in [0.3, 0.4) is 0 Å². The van der Waals surface area contributed by atoms with E-state index in [0.717, 1.165) is 55.4 Å². The molecule has 9 aliphatic rings. The van der Waals surface area contributed by atoms with Gasteiger partial charge in [-0.1, -0.05) is 27.7 Å². The molecule has 9 N–H and O–H groups in total. The number of nitrogens with zero attached hydrogens (tertiary/aromatic N) is 1. The molecular weight excluding hydrogens is 794 g/mol. The maximum absolute atomic E-state index is 11.6. The van der Waals surface area contributed by atoms with E-state index in [-0.39, 0.29) is 11.5 Å². The topological polar surface area (TPSA) is 241 Å². The molecule has 0 radical (unpaired) electrons. The highest BCUT2D eigenvalue weighted by molar-refractivity contribution is 5.17. The summed E-state index contributed by atoms with van der Waals surface area (Å²) in [6.07, 6.45) is -11.7. The van der Waals surface area contributed by atoms with Crippen LogP contribution >= 0.6 is 0 Å². The monoisotopic (exact) mass is 870 g/mol.